The van der Waals surface area contributed by atoms with Gasteiger partial charge in [-0.2, -0.15) is 5.26 Å². The predicted molar refractivity (Wildman–Crippen MR) is 87.6 cm³/mol. The highest BCUT2D eigenvalue weighted by molar-refractivity contribution is 6.07. The number of pyridine rings is 1. The Labute approximate surface area is 142 Å². The van der Waals surface area contributed by atoms with E-state index in [0.717, 1.165) is 6.07 Å². The Balaban J connectivity index is 2.23. The molecule has 4 nitrogen and oxygen atoms in total. The number of rotatable bonds is 2. The van der Waals surface area contributed by atoms with Gasteiger partial charge in [0.05, 0.1) is 11.1 Å². The molecular formula is C18H16F3N3O. The molecule has 7 heteroatoms. The number of halogens is 3. The molecule has 0 saturated carbocycles. The number of hydrogen-bond donors (Lipinski definition) is 0. The van der Waals surface area contributed by atoms with Crippen LogP contribution < -0.4 is 4.90 Å². The molecule has 1 aromatic carbocycles. The summed E-state index contributed by atoms with van der Waals surface area (Å²) >= 11 is 0. The van der Waals surface area contributed by atoms with E-state index in [2.05, 4.69) is 4.98 Å². The van der Waals surface area contributed by atoms with Crippen LogP contribution in [0.2, 0.25) is 0 Å². The minimum atomic E-state index is -2.70. The van der Waals surface area contributed by atoms with Crippen LogP contribution in [-0.2, 0) is 0 Å². The fourth-order valence-corrected chi connectivity index (χ4v) is 3.18. The SMILES string of the molecule is CC(=O)c1cc(F)cc2c(C#N)c(C)c(N3CCC(F)(F)CC3)nc12. The zero-order valence-corrected chi connectivity index (χ0v) is 13.9. The van der Waals surface area contributed by atoms with Crippen molar-refractivity contribution < 1.29 is 18.0 Å². The average Bonchev–Trinajstić information content (AvgIpc) is 2.54. The maximum Gasteiger partial charge on any atom is 0.251 e. The van der Waals surface area contributed by atoms with Gasteiger partial charge in [0.2, 0.25) is 0 Å². The van der Waals surface area contributed by atoms with Gasteiger partial charge in [-0.25, -0.2) is 18.2 Å². The lowest BCUT2D eigenvalue weighted by Crippen LogP contribution is -2.40. The van der Waals surface area contributed by atoms with Crippen molar-refractivity contribution in [3.8, 4) is 6.07 Å². The minimum absolute atomic E-state index is 0.0788. The zero-order chi connectivity index (χ0) is 18.4. The average molecular weight is 347 g/mol. The molecule has 0 unspecified atom stereocenters. The Morgan fingerprint density at radius 1 is 1.32 bits per heavy atom. The lowest BCUT2D eigenvalue weighted by Gasteiger charge is -2.33. The molecule has 1 saturated heterocycles. The first-order valence-corrected chi connectivity index (χ1v) is 7.91. The fourth-order valence-electron chi connectivity index (χ4n) is 3.18. The summed E-state index contributed by atoms with van der Waals surface area (Å²) in [4.78, 5) is 18.0. The van der Waals surface area contributed by atoms with Crippen molar-refractivity contribution in [3.05, 3.63) is 34.6 Å². The quantitative estimate of drug-likeness (QED) is 0.771. The summed E-state index contributed by atoms with van der Waals surface area (Å²) in [6.45, 7) is 3.16. The van der Waals surface area contributed by atoms with Crippen molar-refractivity contribution >= 4 is 22.5 Å². The number of nitrogens with zero attached hydrogens (tertiary/aromatic N) is 3. The molecule has 0 radical (unpaired) electrons. The molecule has 130 valence electrons. The first-order valence-electron chi connectivity index (χ1n) is 7.91. The van der Waals surface area contributed by atoms with Gasteiger partial charge in [0.15, 0.2) is 5.78 Å². The highest BCUT2D eigenvalue weighted by Crippen LogP contribution is 2.34. The van der Waals surface area contributed by atoms with Crippen LogP contribution in [0.3, 0.4) is 0 Å². The van der Waals surface area contributed by atoms with Gasteiger partial charge in [-0.1, -0.05) is 0 Å². The number of carbonyl (C=O) groups is 1. The number of alkyl halides is 2. The summed E-state index contributed by atoms with van der Waals surface area (Å²) in [7, 11) is 0. The van der Waals surface area contributed by atoms with Gasteiger partial charge in [-0.05, 0) is 26.0 Å². The lowest BCUT2D eigenvalue weighted by atomic mass is 9.98. The normalized spacial score (nSPS) is 16.7. The van der Waals surface area contributed by atoms with Gasteiger partial charge in [0.25, 0.3) is 5.92 Å². The van der Waals surface area contributed by atoms with Crippen LogP contribution in [-0.4, -0.2) is 29.8 Å². The Morgan fingerprint density at radius 2 is 1.96 bits per heavy atom. The Hall–Kier alpha value is -2.62. The largest absolute Gasteiger partial charge is 0.356 e. The van der Waals surface area contributed by atoms with Crippen LogP contribution in [0.1, 0.15) is 41.3 Å². The van der Waals surface area contributed by atoms with E-state index in [4.69, 9.17) is 0 Å². The molecule has 0 amide bonds. The number of aromatic nitrogens is 1. The van der Waals surface area contributed by atoms with Gasteiger partial charge < -0.3 is 4.90 Å². The fraction of sp³-hybridized carbons (Fsp3) is 0.389. The summed E-state index contributed by atoms with van der Waals surface area (Å²) in [5.74, 6) is -3.30. The van der Waals surface area contributed by atoms with E-state index in [9.17, 15) is 23.2 Å². The number of ketones is 1. The number of Topliss-reactive ketones (excluding diaryl/α,β-unsaturated/α-hetero) is 1. The molecule has 0 spiro atoms. The topological polar surface area (TPSA) is 57.0 Å². The number of nitriles is 1. The number of piperidine rings is 1. The smallest absolute Gasteiger partial charge is 0.251 e. The molecule has 0 N–H and O–H groups in total. The monoisotopic (exact) mass is 347 g/mol. The Kier molecular flexibility index (Phi) is 4.15. The Bertz CT molecular complexity index is 908. The lowest BCUT2D eigenvalue weighted by molar-refractivity contribution is -0.0221. The molecule has 2 aromatic rings. The molecule has 1 fully saturated rings. The summed E-state index contributed by atoms with van der Waals surface area (Å²) in [5.41, 5.74) is 1.01. The number of benzene rings is 1. The van der Waals surface area contributed by atoms with Gasteiger partial charge in [-0.15, -0.1) is 0 Å². The van der Waals surface area contributed by atoms with E-state index in [-0.39, 0.29) is 53.7 Å². The molecule has 25 heavy (non-hydrogen) atoms. The van der Waals surface area contributed by atoms with Crippen molar-refractivity contribution in [2.75, 3.05) is 18.0 Å². The third-order valence-corrected chi connectivity index (χ3v) is 4.56. The molecular weight excluding hydrogens is 331 g/mol. The summed E-state index contributed by atoms with van der Waals surface area (Å²) in [5, 5.41) is 9.78. The van der Waals surface area contributed by atoms with Gasteiger partial charge in [0, 0.05) is 42.4 Å². The van der Waals surface area contributed by atoms with Crippen LogP contribution in [0.15, 0.2) is 12.1 Å². The van der Waals surface area contributed by atoms with Crippen molar-refractivity contribution in [2.45, 2.75) is 32.6 Å². The first-order chi connectivity index (χ1) is 11.7. The summed E-state index contributed by atoms with van der Waals surface area (Å²) in [6, 6.07) is 4.30. The summed E-state index contributed by atoms with van der Waals surface area (Å²) < 4.78 is 40.7. The first kappa shape index (κ1) is 17.2. The van der Waals surface area contributed by atoms with Crippen LogP contribution >= 0.6 is 0 Å². The number of fused-ring (bicyclic) bond motifs is 1. The molecule has 0 bridgehead atoms. The molecule has 0 aliphatic carbocycles. The zero-order valence-electron chi connectivity index (χ0n) is 13.9. The van der Waals surface area contributed by atoms with E-state index in [1.807, 2.05) is 6.07 Å². The third kappa shape index (κ3) is 3.04. The Morgan fingerprint density at radius 3 is 2.52 bits per heavy atom. The minimum Gasteiger partial charge on any atom is -0.356 e. The number of carbonyl (C=O) groups excluding carboxylic acids is 1. The third-order valence-electron chi connectivity index (χ3n) is 4.56. The summed E-state index contributed by atoms with van der Waals surface area (Å²) in [6.07, 6.45) is -0.589. The predicted octanol–water partition coefficient (Wildman–Crippen LogP) is 3.99. The van der Waals surface area contributed by atoms with Gasteiger partial charge >= 0.3 is 0 Å². The van der Waals surface area contributed by atoms with E-state index >= 15 is 0 Å². The van der Waals surface area contributed by atoms with Gasteiger partial charge in [0.1, 0.15) is 17.7 Å². The van der Waals surface area contributed by atoms with Crippen molar-refractivity contribution in [1.29, 1.82) is 5.26 Å². The van der Waals surface area contributed by atoms with E-state index in [1.54, 1.807) is 11.8 Å². The van der Waals surface area contributed by atoms with Crippen molar-refractivity contribution in [2.24, 2.45) is 0 Å². The molecule has 1 aromatic heterocycles. The van der Waals surface area contributed by atoms with Crippen molar-refractivity contribution in [3.63, 3.8) is 0 Å². The second-order valence-electron chi connectivity index (χ2n) is 6.30. The maximum atomic E-state index is 13.9. The van der Waals surface area contributed by atoms with Crippen LogP contribution in [0.5, 0.6) is 0 Å². The maximum absolute atomic E-state index is 13.9. The van der Waals surface area contributed by atoms with Crippen LogP contribution in [0.25, 0.3) is 10.9 Å². The number of anilines is 1. The second-order valence-corrected chi connectivity index (χ2v) is 6.30. The van der Waals surface area contributed by atoms with E-state index < -0.39 is 11.7 Å². The highest BCUT2D eigenvalue weighted by atomic mass is 19.3. The molecule has 0 atom stereocenters. The standard InChI is InChI=1S/C18H16F3N3O/c1-10-15(9-22)14-8-12(19)7-13(11(2)25)16(14)23-17(10)24-5-3-18(20,21)4-6-24/h7-8H,3-6H2,1-2H3. The van der Waals surface area contributed by atoms with Crippen LogP contribution in [0, 0.1) is 24.1 Å². The second kappa shape index (κ2) is 6.03. The number of hydrogen-bond acceptors (Lipinski definition) is 4. The van der Waals surface area contributed by atoms with E-state index in [1.165, 1.54) is 13.0 Å². The van der Waals surface area contributed by atoms with E-state index in [0.29, 0.717) is 11.4 Å². The van der Waals surface area contributed by atoms with Gasteiger partial charge in [-0.3, -0.25) is 4.79 Å². The molecule has 1 aliphatic rings. The van der Waals surface area contributed by atoms with Crippen molar-refractivity contribution in [1.82, 2.24) is 4.98 Å². The molecule has 2 heterocycles. The highest BCUT2D eigenvalue weighted by Gasteiger charge is 2.35. The molecule has 3 rings (SSSR count). The molecule has 1 aliphatic heterocycles. The van der Waals surface area contributed by atoms with Crippen LogP contribution in [0.4, 0.5) is 19.0 Å².